The number of para-hydroxylation sites is 1. The fraction of sp³-hybridized carbons (Fsp3) is 0.393. The Balaban J connectivity index is 0.00000423. The van der Waals surface area contributed by atoms with E-state index in [1.807, 2.05) is 9.80 Å². The lowest BCUT2D eigenvalue weighted by atomic mass is 10.0. The highest BCUT2D eigenvalue weighted by molar-refractivity contribution is 6.33. The molecule has 0 radical (unpaired) electrons. The van der Waals surface area contributed by atoms with Gasteiger partial charge in [-0.2, -0.15) is 15.0 Å². The highest BCUT2D eigenvalue weighted by Gasteiger charge is 2.29. The SMILES string of the molecule is Cl.N[C@@H]1C[C@H](N)CN(c2nc(Nc3ccc(C(=O)CC(=O)Nc4ccccc4Cl)cc3)nc(N3C[C@H](N)C[C@H](O)C3)n2)C1. The number of hydrogen-bond donors (Lipinski definition) is 6. The number of nitrogens with zero attached hydrogens (tertiary/aromatic N) is 5. The molecule has 0 bridgehead atoms. The summed E-state index contributed by atoms with van der Waals surface area (Å²) in [6.45, 7) is 1.91. The lowest BCUT2D eigenvalue weighted by Crippen LogP contribution is -2.53. The van der Waals surface area contributed by atoms with Crippen molar-refractivity contribution in [1.29, 1.82) is 0 Å². The monoisotopic (exact) mass is 630 g/mol. The molecule has 3 heterocycles. The molecular weight excluding hydrogens is 595 g/mol. The smallest absolute Gasteiger partial charge is 0.233 e. The van der Waals surface area contributed by atoms with E-state index in [1.165, 1.54) is 0 Å². The van der Waals surface area contributed by atoms with Crippen molar-refractivity contribution in [2.24, 2.45) is 17.2 Å². The number of β-amino-alcohol motifs (C(OH)–C–C–N with tert-alkyl or cyclic N) is 1. The van der Waals surface area contributed by atoms with Crippen LogP contribution in [0.25, 0.3) is 0 Å². The van der Waals surface area contributed by atoms with Crippen LogP contribution in [0.5, 0.6) is 0 Å². The van der Waals surface area contributed by atoms with Crippen LogP contribution in [0.2, 0.25) is 5.02 Å². The number of benzene rings is 2. The lowest BCUT2D eigenvalue weighted by Gasteiger charge is -2.36. The number of carbonyl (C=O) groups is 2. The number of nitrogens with one attached hydrogen (secondary N) is 2. The van der Waals surface area contributed by atoms with Gasteiger partial charge in [0.05, 0.1) is 23.2 Å². The van der Waals surface area contributed by atoms with Gasteiger partial charge in [0.25, 0.3) is 0 Å². The van der Waals surface area contributed by atoms with Crippen molar-refractivity contribution >= 4 is 64.9 Å². The fourth-order valence-corrected chi connectivity index (χ4v) is 5.36. The first kappa shape index (κ1) is 32.3. The molecule has 15 heteroatoms. The van der Waals surface area contributed by atoms with Crippen molar-refractivity contribution in [2.45, 2.75) is 43.5 Å². The molecule has 230 valence electrons. The molecule has 2 fully saturated rings. The third-order valence-corrected chi connectivity index (χ3v) is 7.42. The maximum Gasteiger partial charge on any atom is 0.233 e. The van der Waals surface area contributed by atoms with Gasteiger partial charge in [-0.3, -0.25) is 9.59 Å². The Bertz CT molecular complexity index is 1370. The lowest BCUT2D eigenvalue weighted by molar-refractivity contribution is -0.115. The van der Waals surface area contributed by atoms with Crippen LogP contribution in [0, 0.1) is 0 Å². The second-order valence-corrected chi connectivity index (χ2v) is 11.2. The molecule has 0 unspecified atom stereocenters. The summed E-state index contributed by atoms with van der Waals surface area (Å²) in [7, 11) is 0. The summed E-state index contributed by atoms with van der Waals surface area (Å²) < 4.78 is 0. The van der Waals surface area contributed by atoms with E-state index in [-0.39, 0.29) is 48.7 Å². The number of amides is 1. The fourth-order valence-electron chi connectivity index (χ4n) is 5.18. The summed E-state index contributed by atoms with van der Waals surface area (Å²) in [6, 6.07) is 13.0. The van der Waals surface area contributed by atoms with E-state index in [2.05, 4.69) is 25.6 Å². The van der Waals surface area contributed by atoms with E-state index in [0.717, 1.165) is 0 Å². The van der Waals surface area contributed by atoms with Gasteiger partial charge in [0.2, 0.25) is 23.8 Å². The molecule has 2 aromatic carbocycles. The van der Waals surface area contributed by atoms with Gasteiger partial charge >= 0.3 is 0 Å². The minimum absolute atomic E-state index is 0. The molecule has 0 saturated carbocycles. The summed E-state index contributed by atoms with van der Waals surface area (Å²) in [4.78, 5) is 42.8. The molecule has 1 aromatic heterocycles. The van der Waals surface area contributed by atoms with Crippen molar-refractivity contribution < 1.29 is 14.7 Å². The van der Waals surface area contributed by atoms with Crippen molar-refractivity contribution in [2.75, 3.05) is 46.6 Å². The normalized spacial score (nSPS) is 22.0. The van der Waals surface area contributed by atoms with Gasteiger partial charge in [-0.05, 0) is 49.2 Å². The van der Waals surface area contributed by atoms with Crippen molar-refractivity contribution in [3.63, 3.8) is 0 Å². The van der Waals surface area contributed by atoms with Crippen LogP contribution >= 0.6 is 24.0 Å². The number of ketones is 1. The van der Waals surface area contributed by atoms with Gasteiger partial charge in [-0.25, -0.2) is 0 Å². The molecule has 43 heavy (non-hydrogen) atoms. The first-order valence-electron chi connectivity index (χ1n) is 13.8. The van der Waals surface area contributed by atoms with Crippen LogP contribution in [0.1, 0.15) is 29.6 Å². The molecule has 0 aliphatic carbocycles. The van der Waals surface area contributed by atoms with Gasteiger partial charge in [-0.1, -0.05) is 23.7 Å². The summed E-state index contributed by atoms with van der Waals surface area (Å²) in [5.74, 6) is 0.266. The van der Waals surface area contributed by atoms with Crippen LogP contribution < -0.4 is 37.6 Å². The minimum atomic E-state index is -0.598. The second kappa shape index (κ2) is 14.3. The van der Waals surface area contributed by atoms with Crippen LogP contribution in [-0.4, -0.2) is 82.2 Å². The summed E-state index contributed by atoms with van der Waals surface area (Å²) in [5.41, 5.74) is 20.0. The molecule has 2 aliphatic rings. The topological polar surface area (TPSA) is 202 Å². The molecule has 13 nitrogen and oxygen atoms in total. The summed E-state index contributed by atoms with van der Waals surface area (Å²) in [5, 5.41) is 16.5. The molecule has 4 atom stereocenters. The number of aromatic nitrogens is 3. The highest BCUT2D eigenvalue weighted by atomic mass is 35.5. The number of rotatable bonds is 8. The number of aliphatic hydroxyl groups excluding tert-OH is 1. The van der Waals surface area contributed by atoms with Gasteiger partial charge in [-0.15, -0.1) is 12.4 Å². The average Bonchev–Trinajstić information content (AvgIpc) is 2.93. The summed E-state index contributed by atoms with van der Waals surface area (Å²) in [6.07, 6.45) is 0.281. The van der Waals surface area contributed by atoms with E-state index in [1.54, 1.807) is 48.5 Å². The number of piperidine rings is 2. The number of anilines is 5. The zero-order chi connectivity index (χ0) is 29.8. The number of nitrogens with two attached hydrogens (primary N) is 3. The molecule has 3 aromatic rings. The average molecular weight is 632 g/mol. The predicted molar refractivity (Wildman–Crippen MR) is 169 cm³/mol. The van der Waals surface area contributed by atoms with Crippen molar-refractivity contribution in [3.05, 3.63) is 59.1 Å². The first-order chi connectivity index (χ1) is 20.1. The molecule has 9 N–H and O–H groups in total. The quantitative estimate of drug-likeness (QED) is 0.155. The predicted octanol–water partition coefficient (Wildman–Crippen LogP) is 1.66. The molecule has 2 saturated heterocycles. The van der Waals surface area contributed by atoms with Gasteiger partial charge < -0.3 is 42.7 Å². The standard InChI is InChI=1S/C28H35ClN10O3.ClH/c29-22-3-1-2-4-23(22)34-25(42)11-24(41)16-5-7-20(8-6-16)33-26-35-27(38-12-17(30)9-18(31)13-38)37-28(36-26)39-14-19(32)10-21(40)15-39;/h1-8,17-19,21,40H,9-15,30-32H2,(H,34,42)(H,33,35,36,37);1H/t17-,18+,19-,21+;/m1./s1. The van der Waals surface area contributed by atoms with Crippen LogP contribution in [0.15, 0.2) is 48.5 Å². The number of aliphatic hydroxyl groups is 1. The van der Waals surface area contributed by atoms with E-state index in [0.29, 0.717) is 72.9 Å². The molecular formula is C28H36Cl2N10O3. The van der Waals surface area contributed by atoms with E-state index < -0.39 is 12.0 Å². The van der Waals surface area contributed by atoms with E-state index >= 15 is 0 Å². The molecule has 5 rings (SSSR count). The Morgan fingerprint density at radius 3 is 2.05 bits per heavy atom. The van der Waals surface area contributed by atoms with Crippen LogP contribution in [-0.2, 0) is 4.79 Å². The number of carbonyl (C=O) groups excluding carboxylic acids is 2. The molecule has 2 aliphatic heterocycles. The van der Waals surface area contributed by atoms with Crippen LogP contribution in [0.4, 0.5) is 29.2 Å². The number of Topliss-reactive ketones (excluding diaryl/α,β-unsaturated/α-hetero) is 1. The van der Waals surface area contributed by atoms with Crippen molar-refractivity contribution in [1.82, 2.24) is 15.0 Å². The maximum absolute atomic E-state index is 12.7. The second-order valence-electron chi connectivity index (χ2n) is 10.8. The number of hydrogen-bond acceptors (Lipinski definition) is 12. The number of halogens is 2. The molecule has 0 spiro atoms. The third-order valence-electron chi connectivity index (χ3n) is 7.09. The minimum Gasteiger partial charge on any atom is -0.391 e. The maximum atomic E-state index is 12.7. The summed E-state index contributed by atoms with van der Waals surface area (Å²) >= 11 is 6.09. The zero-order valence-corrected chi connectivity index (χ0v) is 25.0. The Morgan fingerprint density at radius 1 is 0.860 bits per heavy atom. The largest absolute Gasteiger partial charge is 0.391 e. The Labute approximate surface area is 260 Å². The van der Waals surface area contributed by atoms with E-state index in [4.69, 9.17) is 28.8 Å². The van der Waals surface area contributed by atoms with Crippen LogP contribution in [0.3, 0.4) is 0 Å². The Morgan fingerprint density at radius 2 is 1.44 bits per heavy atom. The van der Waals surface area contributed by atoms with E-state index in [9.17, 15) is 14.7 Å². The first-order valence-corrected chi connectivity index (χ1v) is 14.2. The Hall–Kier alpha value is -3.59. The highest BCUT2D eigenvalue weighted by Crippen LogP contribution is 2.25. The van der Waals surface area contributed by atoms with Gasteiger partial charge in [0.1, 0.15) is 0 Å². The van der Waals surface area contributed by atoms with Gasteiger partial charge in [0.15, 0.2) is 5.78 Å². The zero-order valence-electron chi connectivity index (χ0n) is 23.4. The molecule has 1 amide bonds. The van der Waals surface area contributed by atoms with Gasteiger partial charge in [0, 0.05) is 55.6 Å². The van der Waals surface area contributed by atoms with Crippen molar-refractivity contribution in [3.8, 4) is 0 Å². The third kappa shape index (κ3) is 8.50. The Kier molecular flexibility index (Phi) is 10.7.